The number of anilines is 4. The van der Waals surface area contributed by atoms with Gasteiger partial charge in [0.05, 0.1) is 12.1 Å². The lowest BCUT2D eigenvalue weighted by atomic mass is 10.2. The third-order valence-corrected chi connectivity index (χ3v) is 4.33. The number of carboxylic acids is 1. The summed E-state index contributed by atoms with van der Waals surface area (Å²) in [5, 5.41) is 35.6. The molecule has 1 aliphatic carbocycles. The normalized spacial score (nSPS) is 14.4. The van der Waals surface area contributed by atoms with Gasteiger partial charge in [-0.3, -0.25) is 0 Å². The number of rotatable bonds is 9. The maximum Gasteiger partial charge on any atom is 0.341 e. The average molecular weight is 385 g/mol. The number of aromatic carboxylic acids is 1. The number of pyridine rings is 1. The first kappa shape index (κ1) is 19.5. The molecule has 0 aliphatic heterocycles. The van der Waals surface area contributed by atoms with Crippen molar-refractivity contribution in [2.24, 2.45) is 0 Å². The van der Waals surface area contributed by atoms with Crippen molar-refractivity contribution in [1.82, 2.24) is 15.0 Å². The van der Waals surface area contributed by atoms with Crippen molar-refractivity contribution in [3.8, 4) is 0 Å². The maximum atomic E-state index is 11.5. The summed E-state index contributed by atoms with van der Waals surface area (Å²) in [4.78, 5) is 24.0. The van der Waals surface area contributed by atoms with E-state index in [9.17, 15) is 15.0 Å². The first-order valence-corrected chi connectivity index (χ1v) is 8.89. The van der Waals surface area contributed by atoms with Crippen molar-refractivity contribution >= 4 is 35.5 Å². The van der Waals surface area contributed by atoms with Crippen LogP contribution < -0.4 is 16.0 Å². The van der Waals surface area contributed by atoms with Gasteiger partial charge in [-0.2, -0.15) is 4.98 Å². The monoisotopic (exact) mass is 385 g/mol. The minimum Gasteiger partial charge on any atom is -0.477 e. The Balaban J connectivity index is 1.88. The van der Waals surface area contributed by atoms with Crippen LogP contribution in [0, 0.1) is 5.41 Å². The summed E-state index contributed by atoms with van der Waals surface area (Å²) in [5.74, 6) is -0.384. The molecule has 2 aromatic heterocycles. The lowest BCUT2D eigenvalue weighted by molar-refractivity contribution is 0.0697. The molecule has 0 bridgehead atoms. The zero-order chi connectivity index (χ0) is 20.3. The van der Waals surface area contributed by atoms with Gasteiger partial charge < -0.3 is 31.6 Å². The van der Waals surface area contributed by atoms with Crippen LogP contribution in [0.3, 0.4) is 0 Å². The molecule has 148 valence electrons. The van der Waals surface area contributed by atoms with Crippen molar-refractivity contribution in [3.05, 3.63) is 29.6 Å². The van der Waals surface area contributed by atoms with Crippen molar-refractivity contribution in [2.45, 2.75) is 38.3 Å². The van der Waals surface area contributed by atoms with Gasteiger partial charge in [0.15, 0.2) is 0 Å². The molecule has 0 radical (unpaired) electrons. The smallest absolute Gasteiger partial charge is 0.341 e. The maximum absolute atomic E-state index is 11.5. The van der Waals surface area contributed by atoms with E-state index in [4.69, 9.17) is 5.41 Å². The van der Waals surface area contributed by atoms with Crippen molar-refractivity contribution in [2.75, 3.05) is 22.6 Å². The van der Waals surface area contributed by atoms with Gasteiger partial charge in [0, 0.05) is 42.0 Å². The van der Waals surface area contributed by atoms with Crippen LogP contribution in [-0.2, 0) is 0 Å². The van der Waals surface area contributed by atoms with Crippen LogP contribution in [0.1, 0.15) is 42.6 Å². The molecule has 0 unspecified atom stereocenters. The zero-order valence-corrected chi connectivity index (χ0v) is 15.7. The molecule has 1 aliphatic rings. The predicted molar refractivity (Wildman–Crippen MR) is 106 cm³/mol. The van der Waals surface area contributed by atoms with Crippen molar-refractivity contribution < 1.29 is 15.0 Å². The molecule has 0 spiro atoms. The summed E-state index contributed by atoms with van der Waals surface area (Å²) in [6.45, 7) is 3.87. The van der Waals surface area contributed by atoms with Gasteiger partial charge in [0.25, 0.3) is 0 Å². The van der Waals surface area contributed by atoms with Gasteiger partial charge in [-0.05, 0) is 26.7 Å². The van der Waals surface area contributed by atoms with E-state index in [1.165, 1.54) is 12.4 Å². The summed E-state index contributed by atoms with van der Waals surface area (Å²) < 4.78 is 0. The molecule has 10 nitrogen and oxygen atoms in total. The predicted octanol–water partition coefficient (Wildman–Crippen LogP) is 2.07. The fourth-order valence-corrected chi connectivity index (χ4v) is 2.62. The van der Waals surface area contributed by atoms with Gasteiger partial charge in [0.2, 0.25) is 5.95 Å². The van der Waals surface area contributed by atoms with E-state index in [1.807, 2.05) is 13.8 Å². The fourth-order valence-electron chi connectivity index (χ4n) is 2.62. The Labute approximate surface area is 162 Å². The molecule has 28 heavy (non-hydrogen) atoms. The molecule has 10 heteroatoms. The van der Waals surface area contributed by atoms with Gasteiger partial charge in [0.1, 0.15) is 17.2 Å². The Bertz CT molecular complexity index is 897. The van der Waals surface area contributed by atoms with Crippen LogP contribution in [0.15, 0.2) is 18.5 Å². The Morgan fingerprint density at radius 2 is 2.11 bits per heavy atom. The first-order chi connectivity index (χ1) is 13.4. The molecule has 1 saturated carbocycles. The third-order valence-electron chi connectivity index (χ3n) is 4.33. The number of hydrogen-bond acceptors (Lipinski definition) is 9. The molecule has 2 aromatic rings. The lowest BCUT2D eigenvalue weighted by Gasteiger charge is -2.17. The number of aromatic nitrogens is 3. The number of hydrogen-bond donors (Lipinski definition) is 6. The van der Waals surface area contributed by atoms with Crippen molar-refractivity contribution in [3.63, 3.8) is 0 Å². The Morgan fingerprint density at radius 1 is 1.36 bits per heavy atom. The molecule has 0 aromatic carbocycles. The third kappa shape index (κ3) is 4.34. The summed E-state index contributed by atoms with van der Waals surface area (Å²) in [6, 6.07) is 1.90. The molecular formula is C18H23N7O3. The minimum absolute atomic E-state index is 0.0699. The molecular weight excluding hydrogens is 362 g/mol. The summed E-state index contributed by atoms with van der Waals surface area (Å²) in [6.07, 6.45) is 5.46. The number of aliphatic hydroxyl groups is 1. The van der Waals surface area contributed by atoms with Crippen LogP contribution in [-0.4, -0.2) is 55.5 Å². The topological polar surface area (TPSA) is 156 Å². The van der Waals surface area contributed by atoms with E-state index < -0.39 is 11.5 Å². The van der Waals surface area contributed by atoms with E-state index in [0.717, 1.165) is 18.5 Å². The summed E-state index contributed by atoms with van der Waals surface area (Å²) in [5.41, 5.74) is 0.788. The van der Waals surface area contributed by atoms with Crippen LogP contribution in [0.5, 0.6) is 0 Å². The highest BCUT2D eigenvalue weighted by molar-refractivity contribution is 5.93. The highest BCUT2D eigenvalue weighted by Gasteiger charge is 2.43. The van der Waals surface area contributed by atoms with Crippen LogP contribution >= 0.6 is 0 Å². The molecule has 6 N–H and O–H groups in total. The van der Waals surface area contributed by atoms with Gasteiger partial charge >= 0.3 is 5.97 Å². The number of carbonyl (C=O) groups is 1. The highest BCUT2D eigenvalue weighted by atomic mass is 16.4. The van der Waals surface area contributed by atoms with E-state index in [0.29, 0.717) is 11.4 Å². The number of nitrogens with one attached hydrogen (secondary N) is 4. The second kappa shape index (κ2) is 7.77. The number of aliphatic hydroxyl groups excluding tert-OH is 1. The second-order valence-corrected chi connectivity index (χ2v) is 7.05. The van der Waals surface area contributed by atoms with Crippen LogP contribution in [0.2, 0.25) is 0 Å². The van der Waals surface area contributed by atoms with Crippen LogP contribution in [0.25, 0.3) is 0 Å². The van der Waals surface area contributed by atoms with Crippen molar-refractivity contribution in [1.29, 1.82) is 5.41 Å². The van der Waals surface area contributed by atoms with E-state index in [1.54, 1.807) is 12.3 Å². The quantitative estimate of drug-likeness (QED) is 0.356. The molecule has 3 rings (SSSR count). The first-order valence-electron chi connectivity index (χ1n) is 8.89. The number of carboxylic acid groups (broad SMARTS) is 1. The molecule has 2 heterocycles. The van der Waals surface area contributed by atoms with E-state index in [-0.39, 0.29) is 30.0 Å². The van der Waals surface area contributed by atoms with E-state index >= 15 is 0 Å². The van der Waals surface area contributed by atoms with Crippen LogP contribution in [0.4, 0.5) is 23.3 Å². The second-order valence-electron chi connectivity index (χ2n) is 7.05. The molecule has 1 fully saturated rings. The highest BCUT2D eigenvalue weighted by Crippen LogP contribution is 2.38. The summed E-state index contributed by atoms with van der Waals surface area (Å²) >= 11 is 0. The average Bonchev–Trinajstić information content (AvgIpc) is 3.41. The largest absolute Gasteiger partial charge is 0.477 e. The van der Waals surface area contributed by atoms with Gasteiger partial charge in [-0.1, -0.05) is 0 Å². The van der Waals surface area contributed by atoms with Gasteiger partial charge in [-0.15, -0.1) is 0 Å². The Hall–Kier alpha value is -3.27. The fraction of sp³-hybridized carbons (Fsp3) is 0.389. The minimum atomic E-state index is -1.15. The number of nitrogens with zero attached hydrogens (tertiary/aromatic N) is 3. The standard InChI is InChI=1S/C18H23N7O3/c1-10(2)22-13-5-14(20-7-11(13)6-19)23-17-21-8-12(16(27)28)15(24-17)25-18(9-26)3-4-18/h5-8,10,19,26H,3-4,9H2,1-2H3,(H,27,28)(H3,20,21,22,23,24,25). The van der Waals surface area contributed by atoms with E-state index in [2.05, 4.69) is 30.9 Å². The lowest BCUT2D eigenvalue weighted by Crippen LogP contribution is -2.27. The Kier molecular flexibility index (Phi) is 5.41. The molecule has 0 amide bonds. The zero-order valence-electron chi connectivity index (χ0n) is 15.7. The van der Waals surface area contributed by atoms with Gasteiger partial charge in [-0.25, -0.2) is 14.8 Å². The molecule has 0 saturated heterocycles. The SMILES string of the molecule is CC(C)Nc1cc(Nc2ncc(C(=O)O)c(NC3(CO)CC3)n2)ncc1C=N. The Morgan fingerprint density at radius 3 is 2.68 bits per heavy atom. The molecule has 0 atom stereocenters. The summed E-state index contributed by atoms with van der Waals surface area (Å²) in [7, 11) is 0.